The minimum atomic E-state index is -0.577. The van der Waals surface area contributed by atoms with Crippen LogP contribution >= 0.6 is 0 Å². The van der Waals surface area contributed by atoms with Crippen LogP contribution < -0.4 is 5.32 Å². The minimum absolute atomic E-state index is 0.145. The molecule has 0 radical (unpaired) electrons. The summed E-state index contributed by atoms with van der Waals surface area (Å²) < 4.78 is 5.17. The maximum absolute atomic E-state index is 12.0. The fraction of sp³-hybridized carbons (Fsp3) is 0.938. The maximum atomic E-state index is 12.0. The van der Waals surface area contributed by atoms with E-state index in [0.29, 0.717) is 6.61 Å². The Morgan fingerprint density at radius 3 is 2.05 bits per heavy atom. The monoisotopic (exact) mass is 286 g/mol. The smallest absolute Gasteiger partial charge is 0.326 e. The zero-order valence-electron chi connectivity index (χ0n) is 14.1. The molecule has 0 aromatic rings. The number of hydrogen-bond donors (Lipinski definition) is 1. The quantitative estimate of drug-likeness (QED) is 0.560. The van der Waals surface area contributed by atoms with Crippen molar-refractivity contribution in [1.29, 1.82) is 0 Å². The van der Waals surface area contributed by atoms with Crippen molar-refractivity contribution >= 4 is 5.97 Å². The molecule has 0 fully saturated rings. The summed E-state index contributed by atoms with van der Waals surface area (Å²) in [4.78, 5) is 14.5. The van der Waals surface area contributed by atoms with Crippen LogP contribution in [0.4, 0.5) is 0 Å². The Hall–Kier alpha value is -0.610. The number of rotatable bonds is 12. The summed E-state index contributed by atoms with van der Waals surface area (Å²) in [6.45, 7) is 11.8. The van der Waals surface area contributed by atoms with Gasteiger partial charge in [0.15, 0.2) is 0 Å². The molecule has 0 aliphatic rings. The van der Waals surface area contributed by atoms with E-state index in [2.05, 4.69) is 24.1 Å². The van der Waals surface area contributed by atoms with Gasteiger partial charge in [0.2, 0.25) is 0 Å². The van der Waals surface area contributed by atoms with Crippen LogP contribution in [-0.4, -0.2) is 49.7 Å². The van der Waals surface area contributed by atoms with Crippen LogP contribution in [0.3, 0.4) is 0 Å². The van der Waals surface area contributed by atoms with Gasteiger partial charge in [-0.2, -0.15) is 0 Å². The molecule has 0 saturated heterocycles. The molecular formula is C16H34N2O2. The van der Waals surface area contributed by atoms with E-state index >= 15 is 0 Å². The minimum Gasteiger partial charge on any atom is -0.465 e. The molecule has 0 bridgehead atoms. The van der Waals surface area contributed by atoms with Crippen molar-refractivity contribution in [2.75, 3.05) is 33.3 Å². The molecule has 0 rings (SSSR count). The second-order valence-corrected chi connectivity index (χ2v) is 5.60. The first-order valence-electron chi connectivity index (χ1n) is 8.12. The first-order chi connectivity index (χ1) is 9.53. The van der Waals surface area contributed by atoms with Crippen LogP contribution in [0.5, 0.6) is 0 Å². The maximum Gasteiger partial charge on any atom is 0.326 e. The van der Waals surface area contributed by atoms with Crippen molar-refractivity contribution in [3.63, 3.8) is 0 Å². The van der Waals surface area contributed by atoms with E-state index in [9.17, 15) is 4.79 Å². The zero-order valence-corrected chi connectivity index (χ0v) is 14.1. The molecule has 120 valence electrons. The highest BCUT2D eigenvalue weighted by molar-refractivity contribution is 5.80. The van der Waals surface area contributed by atoms with Gasteiger partial charge in [0.05, 0.1) is 6.61 Å². The fourth-order valence-corrected chi connectivity index (χ4v) is 2.10. The van der Waals surface area contributed by atoms with Crippen LogP contribution in [0.1, 0.15) is 59.8 Å². The van der Waals surface area contributed by atoms with E-state index in [1.54, 1.807) is 0 Å². The van der Waals surface area contributed by atoms with E-state index in [4.69, 9.17) is 4.74 Å². The average Bonchev–Trinajstić information content (AvgIpc) is 2.46. The van der Waals surface area contributed by atoms with Crippen molar-refractivity contribution in [3.05, 3.63) is 0 Å². The molecule has 20 heavy (non-hydrogen) atoms. The fourth-order valence-electron chi connectivity index (χ4n) is 2.10. The Labute approximate surface area is 125 Å². The van der Waals surface area contributed by atoms with Crippen LogP contribution in [-0.2, 0) is 9.53 Å². The van der Waals surface area contributed by atoms with Crippen LogP contribution in [0.15, 0.2) is 0 Å². The molecule has 0 saturated carbocycles. The first-order valence-corrected chi connectivity index (χ1v) is 8.12. The van der Waals surface area contributed by atoms with Crippen LogP contribution in [0.25, 0.3) is 0 Å². The molecule has 0 aromatic carbocycles. The Morgan fingerprint density at radius 2 is 1.65 bits per heavy atom. The molecular weight excluding hydrogens is 252 g/mol. The largest absolute Gasteiger partial charge is 0.465 e. The second-order valence-electron chi connectivity index (χ2n) is 5.60. The third-order valence-electron chi connectivity index (χ3n) is 3.86. The van der Waals surface area contributed by atoms with Gasteiger partial charge in [0.25, 0.3) is 0 Å². The summed E-state index contributed by atoms with van der Waals surface area (Å²) >= 11 is 0. The predicted molar refractivity (Wildman–Crippen MR) is 85.0 cm³/mol. The Bertz CT molecular complexity index is 251. The van der Waals surface area contributed by atoms with E-state index in [-0.39, 0.29) is 5.97 Å². The van der Waals surface area contributed by atoms with E-state index in [1.165, 1.54) is 25.7 Å². The lowest BCUT2D eigenvalue weighted by molar-refractivity contribution is -0.150. The number of likely N-dealkylation sites (N-methyl/N-ethyl adjacent to an activating group) is 1. The van der Waals surface area contributed by atoms with Crippen molar-refractivity contribution in [3.8, 4) is 0 Å². The Balaban J connectivity index is 4.41. The summed E-state index contributed by atoms with van der Waals surface area (Å²) in [6.07, 6.45) is 5.65. The van der Waals surface area contributed by atoms with Crippen molar-refractivity contribution in [2.45, 2.75) is 65.3 Å². The van der Waals surface area contributed by atoms with Gasteiger partial charge in [-0.3, -0.25) is 4.79 Å². The number of carbonyl (C=O) groups is 1. The van der Waals surface area contributed by atoms with Crippen molar-refractivity contribution in [1.82, 2.24) is 10.2 Å². The summed E-state index contributed by atoms with van der Waals surface area (Å²) in [5.41, 5.74) is -0.577. The third kappa shape index (κ3) is 7.25. The topological polar surface area (TPSA) is 41.6 Å². The summed E-state index contributed by atoms with van der Waals surface area (Å²) in [7, 11) is 1.83. The van der Waals surface area contributed by atoms with Gasteiger partial charge < -0.3 is 15.0 Å². The molecule has 4 nitrogen and oxygen atoms in total. The molecule has 1 unspecified atom stereocenters. The van der Waals surface area contributed by atoms with Crippen molar-refractivity contribution in [2.24, 2.45) is 0 Å². The lowest BCUT2D eigenvalue weighted by atomic mass is 9.97. The van der Waals surface area contributed by atoms with E-state index in [0.717, 1.165) is 26.1 Å². The predicted octanol–water partition coefficient (Wildman–Crippen LogP) is 2.82. The lowest BCUT2D eigenvalue weighted by Crippen LogP contribution is -2.50. The van der Waals surface area contributed by atoms with Gasteiger partial charge in [0.1, 0.15) is 5.54 Å². The first kappa shape index (κ1) is 19.4. The summed E-state index contributed by atoms with van der Waals surface area (Å²) in [5, 5.41) is 3.13. The SMILES string of the molecule is CCCCN(CCCC)CCC(C)(NC)C(=O)OCC. The Morgan fingerprint density at radius 1 is 1.10 bits per heavy atom. The van der Waals surface area contributed by atoms with Gasteiger partial charge in [-0.05, 0) is 53.2 Å². The van der Waals surface area contributed by atoms with Gasteiger partial charge in [0, 0.05) is 6.54 Å². The normalized spacial score (nSPS) is 14.3. The van der Waals surface area contributed by atoms with Crippen LogP contribution in [0.2, 0.25) is 0 Å². The molecule has 0 aliphatic heterocycles. The number of unbranched alkanes of at least 4 members (excludes halogenated alkanes) is 2. The molecule has 4 heteroatoms. The summed E-state index contributed by atoms with van der Waals surface area (Å²) in [6, 6.07) is 0. The van der Waals surface area contributed by atoms with Gasteiger partial charge in [-0.1, -0.05) is 26.7 Å². The molecule has 0 aliphatic carbocycles. The molecule has 1 atom stereocenters. The molecule has 0 amide bonds. The highest BCUT2D eigenvalue weighted by Gasteiger charge is 2.32. The molecule has 0 aromatic heterocycles. The van der Waals surface area contributed by atoms with Gasteiger partial charge in [-0.15, -0.1) is 0 Å². The molecule has 0 heterocycles. The molecule has 0 spiro atoms. The van der Waals surface area contributed by atoms with E-state index < -0.39 is 5.54 Å². The second kappa shape index (κ2) is 11.1. The number of nitrogens with zero attached hydrogens (tertiary/aromatic N) is 1. The summed E-state index contributed by atoms with van der Waals surface area (Å²) in [5.74, 6) is -0.145. The molecule has 1 N–H and O–H groups in total. The number of nitrogens with one attached hydrogen (secondary N) is 1. The number of esters is 1. The number of carbonyl (C=O) groups excluding carboxylic acids is 1. The van der Waals surface area contributed by atoms with Gasteiger partial charge in [-0.25, -0.2) is 0 Å². The standard InChI is InChI=1S/C16H34N2O2/c1-6-9-12-18(13-10-7-2)14-11-16(4,17-5)15(19)20-8-3/h17H,6-14H2,1-5H3. The average molecular weight is 286 g/mol. The highest BCUT2D eigenvalue weighted by atomic mass is 16.5. The highest BCUT2D eigenvalue weighted by Crippen LogP contribution is 2.13. The van der Waals surface area contributed by atoms with E-state index in [1.807, 2.05) is 20.9 Å². The Kier molecular flexibility index (Phi) is 10.8. The lowest BCUT2D eigenvalue weighted by Gasteiger charge is -2.30. The van der Waals surface area contributed by atoms with Crippen LogP contribution in [0, 0.1) is 0 Å². The zero-order chi connectivity index (χ0) is 15.4. The third-order valence-corrected chi connectivity index (χ3v) is 3.86. The van der Waals surface area contributed by atoms with Crippen molar-refractivity contribution < 1.29 is 9.53 Å². The number of hydrogen-bond acceptors (Lipinski definition) is 4. The number of ether oxygens (including phenoxy) is 1. The van der Waals surface area contributed by atoms with Gasteiger partial charge >= 0.3 is 5.97 Å².